The van der Waals surface area contributed by atoms with Gasteiger partial charge in [-0.2, -0.15) is 0 Å². The van der Waals surface area contributed by atoms with Crippen molar-refractivity contribution >= 4 is 28.8 Å². The first-order valence-corrected chi connectivity index (χ1v) is 14.4. The van der Waals surface area contributed by atoms with Gasteiger partial charge in [-0.15, -0.1) is 0 Å². The molecular formula is C31H36N4O3S. The molecule has 0 radical (unpaired) electrons. The van der Waals surface area contributed by atoms with Gasteiger partial charge in [0.15, 0.2) is 5.17 Å². The van der Waals surface area contributed by atoms with E-state index in [1.165, 1.54) is 17.3 Å². The summed E-state index contributed by atoms with van der Waals surface area (Å²) >= 11 is 1.51. The number of allylic oxidation sites excluding steroid dienone is 1. The zero-order valence-electron chi connectivity index (χ0n) is 23.1. The maximum absolute atomic E-state index is 13.5. The van der Waals surface area contributed by atoms with Crippen molar-refractivity contribution < 1.29 is 14.3 Å². The van der Waals surface area contributed by atoms with Crippen LogP contribution >= 0.6 is 11.8 Å². The number of hydrogen-bond acceptors (Lipinski definition) is 7. The maximum atomic E-state index is 13.5. The lowest BCUT2D eigenvalue weighted by Crippen LogP contribution is -2.48. The Morgan fingerprint density at radius 3 is 2.46 bits per heavy atom. The standard InChI is InChI=1S/C31H36N4O3S/c1-21(2)38-30(37)28-23(4)32-31-35(29(28)25-12-8-9-22(3)17-25)26(20-39-31)18-27(36)34-15-13-33(14-16-34)19-24-10-6-5-7-11-24/h5-12,17,20-21,29H,13-16,18-19H2,1-4H3. The summed E-state index contributed by atoms with van der Waals surface area (Å²) in [5.41, 5.74) is 5.42. The summed E-state index contributed by atoms with van der Waals surface area (Å²) in [5.74, 6) is -0.267. The fourth-order valence-electron chi connectivity index (χ4n) is 5.33. The largest absolute Gasteiger partial charge is 0.459 e. The van der Waals surface area contributed by atoms with Crippen LogP contribution in [0.1, 0.15) is 49.9 Å². The van der Waals surface area contributed by atoms with Gasteiger partial charge >= 0.3 is 5.97 Å². The number of nitrogens with zero attached hydrogens (tertiary/aromatic N) is 4. The van der Waals surface area contributed by atoms with Crippen LogP contribution in [0.25, 0.3) is 0 Å². The van der Waals surface area contributed by atoms with E-state index in [-0.39, 0.29) is 24.4 Å². The van der Waals surface area contributed by atoms with Crippen LogP contribution in [0.3, 0.4) is 0 Å². The van der Waals surface area contributed by atoms with Gasteiger partial charge in [-0.25, -0.2) is 9.79 Å². The average Bonchev–Trinajstić information content (AvgIpc) is 3.30. The predicted molar refractivity (Wildman–Crippen MR) is 156 cm³/mol. The molecule has 0 aliphatic carbocycles. The summed E-state index contributed by atoms with van der Waals surface area (Å²) in [5, 5.41) is 2.80. The number of carbonyl (C=O) groups is 2. The Hall–Kier alpha value is -3.36. The number of amides is 1. The van der Waals surface area contributed by atoms with Crippen LogP contribution in [-0.2, 0) is 20.9 Å². The average molecular weight is 545 g/mol. The van der Waals surface area contributed by atoms with Crippen molar-refractivity contribution in [3.8, 4) is 0 Å². The highest BCUT2D eigenvalue weighted by Gasteiger charge is 2.41. The van der Waals surface area contributed by atoms with E-state index in [1.54, 1.807) is 0 Å². The van der Waals surface area contributed by atoms with Crippen molar-refractivity contribution in [1.82, 2.24) is 14.7 Å². The van der Waals surface area contributed by atoms with E-state index in [2.05, 4.69) is 40.1 Å². The number of ether oxygens (including phenoxy) is 1. The van der Waals surface area contributed by atoms with Crippen LogP contribution in [0, 0.1) is 6.92 Å². The van der Waals surface area contributed by atoms with Crippen molar-refractivity contribution in [3.05, 3.63) is 93.7 Å². The highest BCUT2D eigenvalue weighted by molar-refractivity contribution is 8.16. The third kappa shape index (κ3) is 6.12. The highest BCUT2D eigenvalue weighted by Crippen LogP contribution is 2.45. The SMILES string of the molecule is CC1=C(C(=O)OC(C)C)C(c2cccc(C)c2)N2C(CC(=O)N3CCN(Cc4ccccc4)CC3)=CSC2=N1. The molecule has 39 heavy (non-hydrogen) atoms. The van der Waals surface area contributed by atoms with E-state index >= 15 is 0 Å². The van der Waals surface area contributed by atoms with Crippen LogP contribution in [0.15, 0.2) is 82.0 Å². The Balaban J connectivity index is 1.33. The van der Waals surface area contributed by atoms with E-state index in [0.29, 0.717) is 24.4 Å². The van der Waals surface area contributed by atoms with Crippen LogP contribution in [-0.4, -0.2) is 64.0 Å². The summed E-state index contributed by atoms with van der Waals surface area (Å²) in [6.07, 6.45) is 0.0184. The maximum Gasteiger partial charge on any atom is 0.338 e. The zero-order valence-corrected chi connectivity index (χ0v) is 23.9. The zero-order chi connectivity index (χ0) is 27.5. The molecule has 3 aliphatic heterocycles. The van der Waals surface area contributed by atoms with Crippen molar-refractivity contribution in [2.75, 3.05) is 26.2 Å². The molecule has 7 nitrogen and oxygen atoms in total. The quantitative estimate of drug-likeness (QED) is 0.444. The highest BCUT2D eigenvalue weighted by atomic mass is 32.2. The number of aryl methyl sites for hydroxylation is 1. The number of carbonyl (C=O) groups excluding carboxylic acids is 2. The van der Waals surface area contributed by atoms with Crippen LogP contribution < -0.4 is 0 Å². The van der Waals surface area contributed by atoms with Crippen molar-refractivity contribution in [3.63, 3.8) is 0 Å². The van der Waals surface area contributed by atoms with Gasteiger partial charge in [0.2, 0.25) is 5.91 Å². The third-order valence-corrected chi connectivity index (χ3v) is 8.12. The summed E-state index contributed by atoms with van der Waals surface area (Å²) in [7, 11) is 0. The van der Waals surface area contributed by atoms with Crippen molar-refractivity contribution in [2.24, 2.45) is 4.99 Å². The van der Waals surface area contributed by atoms with Crippen molar-refractivity contribution in [1.29, 1.82) is 0 Å². The molecule has 1 amide bonds. The predicted octanol–water partition coefficient (Wildman–Crippen LogP) is 5.26. The number of piperazine rings is 1. The van der Waals surface area contributed by atoms with Gasteiger partial charge in [0.25, 0.3) is 0 Å². The number of benzene rings is 2. The number of esters is 1. The first-order valence-electron chi connectivity index (χ1n) is 13.6. The summed E-state index contributed by atoms with van der Waals surface area (Å²) in [4.78, 5) is 38.0. The van der Waals surface area contributed by atoms with Gasteiger partial charge in [-0.1, -0.05) is 71.9 Å². The minimum Gasteiger partial charge on any atom is -0.459 e. The number of fused-ring (bicyclic) bond motifs is 1. The Kier molecular flexibility index (Phi) is 8.23. The number of rotatable bonds is 7. The first kappa shape index (κ1) is 27.2. The molecule has 0 spiro atoms. The fourth-order valence-corrected chi connectivity index (χ4v) is 6.29. The smallest absolute Gasteiger partial charge is 0.338 e. The molecule has 1 fully saturated rings. The lowest BCUT2D eigenvalue weighted by atomic mass is 9.93. The molecule has 0 bridgehead atoms. The van der Waals surface area contributed by atoms with Gasteiger partial charge in [0.05, 0.1) is 29.8 Å². The fraction of sp³-hybridized carbons (Fsp3) is 0.387. The summed E-state index contributed by atoms with van der Waals surface area (Å²) in [6, 6.07) is 18.2. The summed E-state index contributed by atoms with van der Waals surface area (Å²) in [6.45, 7) is 11.6. The van der Waals surface area contributed by atoms with E-state index in [0.717, 1.165) is 41.6 Å². The molecule has 0 N–H and O–H groups in total. The second-order valence-corrected chi connectivity index (χ2v) is 11.4. The van der Waals surface area contributed by atoms with Crippen molar-refractivity contribution in [2.45, 2.75) is 52.8 Å². The monoisotopic (exact) mass is 544 g/mol. The van der Waals surface area contributed by atoms with Crippen LogP contribution in [0.4, 0.5) is 0 Å². The molecule has 3 heterocycles. The number of amidine groups is 1. The lowest BCUT2D eigenvalue weighted by molar-refractivity contribution is -0.143. The molecule has 0 saturated carbocycles. The molecule has 0 aromatic heterocycles. The topological polar surface area (TPSA) is 65.5 Å². The lowest BCUT2D eigenvalue weighted by Gasteiger charge is -2.38. The molecule has 5 rings (SSSR count). The molecule has 1 unspecified atom stereocenters. The number of hydrogen-bond donors (Lipinski definition) is 0. The van der Waals surface area contributed by atoms with E-state index in [4.69, 9.17) is 9.73 Å². The Bertz CT molecular complexity index is 1330. The molecular weight excluding hydrogens is 508 g/mol. The Morgan fingerprint density at radius 2 is 1.77 bits per heavy atom. The van der Waals surface area contributed by atoms with E-state index in [1.807, 2.05) is 62.3 Å². The normalized spacial score (nSPS) is 19.7. The number of aliphatic imine (C=N–C) groups is 1. The second-order valence-electron chi connectivity index (χ2n) is 10.6. The third-order valence-electron chi connectivity index (χ3n) is 7.23. The van der Waals surface area contributed by atoms with Gasteiger partial charge < -0.3 is 14.5 Å². The van der Waals surface area contributed by atoms with Crippen LogP contribution in [0.5, 0.6) is 0 Å². The minimum atomic E-state index is -0.402. The van der Waals surface area contributed by atoms with Gasteiger partial charge in [-0.3, -0.25) is 9.69 Å². The van der Waals surface area contributed by atoms with Crippen LogP contribution in [0.2, 0.25) is 0 Å². The van der Waals surface area contributed by atoms with E-state index in [9.17, 15) is 9.59 Å². The molecule has 3 aliphatic rings. The Labute approximate surface area is 235 Å². The Morgan fingerprint density at radius 1 is 1.03 bits per heavy atom. The molecule has 1 saturated heterocycles. The molecule has 204 valence electrons. The molecule has 2 aromatic carbocycles. The van der Waals surface area contributed by atoms with Gasteiger partial charge in [0, 0.05) is 38.4 Å². The minimum absolute atomic E-state index is 0.100. The first-order chi connectivity index (χ1) is 18.8. The second kappa shape index (κ2) is 11.8. The van der Waals surface area contributed by atoms with Gasteiger partial charge in [0.1, 0.15) is 0 Å². The number of thioether (sulfide) groups is 1. The molecule has 8 heteroatoms. The molecule has 1 atom stereocenters. The molecule has 2 aromatic rings. The van der Waals surface area contributed by atoms with E-state index < -0.39 is 6.04 Å². The summed E-state index contributed by atoms with van der Waals surface area (Å²) < 4.78 is 5.66. The van der Waals surface area contributed by atoms with Gasteiger partial charge in [-0.05, 0) is 44.2 Å².